The zero-order valence-electron chi connectivity index (χ0n) is 17.5. The summed E-state index contributed by atoms with van der Waals surface area (Å²) >= 11 is 5.77. The van der Waals surface area contributed by atoms with E-state index in [0.29, 0.717) is 30.3 Å². The molecule has 0 saturated carbocycles. The zero-order chi connectivity index (χ0) is 24.2. The lowest BCUT2D eigenvalue weighted by Crippen LogP contribution is -2.60. The van der Waals surface area contributed by atoms with Crippen molar-refractivity contribution >= 4 is 27.5 Å². The molecule has 2 aromatic rings. The van der Waals surface area contributed by atoms with Gasteiger partial charge in [0.05, 0.1) is 11.5 Å². The van der Waals surface area contributed by atoms with E-state index in [-0.39, 0.29) is 25.4 Å². The van der Waals surface area contributed by atoms with Gasteiger partial charge in [0.25, 0.3) is 5.91 Å². The van der Waals surface area contributed by atoms with Crippen LogP contribution in [0.2, 0.25) is 5.02 Å². The Morgan fingerprint density at radius 1 is 1.21 bits per heavy atom. The van der Waals surface area contributed by atoms with Crippen LogP contribution in [0.25, 0.3) is 0 Å². The number of nitrogens with zero attached hydrogens (tertiary/aromatic N) is 2. The Labute approximate surface area is 194 Å². The summed E-state index contributed by atoms with van der Waals surface area (Å²) in [5, 5.41) is 9.47. The summed E-state index contributed by atoms with van der Waals surface area (Å²) in [6.45, 7) is 0.847. The SMILES string of the molecule is COCCN1CCN(S(=O)(=O)c2cc(F)c(Oc3ccc(Cl)cc3)c(F)c2)[C@@H](C(=O)NO)C1. The van der Waals surface area contributed by atoms with Crippen molar-refractivity contribution in [1.82, 2.24) is 14.7 Å². The third-order valence-electron chi connectivity index (χ3n) is 5.05. The fraction of sp³-hybridized carbons (Fsp3) is 0.350. The van der Waals surface area contributed by atoms with E-state index in [4.69, 9.17) is 26.3 Å². The lowest BCUT2D eigenvalue weighted by molar-refractivity contribution is -0.135. The third-order valence-corrected chi connectivity index (χ3v) is 7.19. The number of benzene rings is 2. The normalized spacial score (nSPS) is 17.7. The summed E-state index contributed by atoms with van der Waals surface area (Å²) in [5.74, 6) is -4.15. The molecule has 0 spiro atoms. The first-order valence-electron chi connectivity index (χ1n) is 9.77. The number of carbonyl (C=O) groups excluding carboxylic acids is 1. The highest BCUT2D eigenvalue weighted by Crippen LogP contribution is 2.32. The molecule has 0 aromatic heterocycles. The predicted molar refractivity (Wildman–Crippen MR) is 114 cm³/mol. The van der Waals surface area contributed by atoms with Gasteiger partial charge in [0.15, 0.2) is 17.4 Å². The number of amides is 1. The number of sulfonamides is 1. The minimum absolute atomic E-state index is 0.0439. The van der Waals surface area contributed by atoms with E-state index in [9.17, 15) is 22.0 Å². The Morgan fingerprint density at radius 3 is 2.42 bits per heavy atom. The second-order valence-electron chi connectivity index (χ2n) is 7.17. The Bertz CT molecular complexity index is 1080. The predicted octanol–water partition coefficient (Wildman–Crippen LogP) is 2.24. The van der Waals surface area contributed by atoms with Crippen molar-refractivity contribution in [2.45, 2.75) is 10.9 Å². The van der Waals surface area contributed by atoms with Crippen LogP contribution >= 0.6 is 11.6 Å². The number of nitrogens with one attached hydrogen (secondary N) is 1. The van der Waals surface area contributed by atoms with Crippen molar-refractivity contribution in [3.05, 3.63) is 53.1 Å². The average Bonchev–Trinajstić information content (AvgIpc) is 2.80. The monoisotopic (exact) mass is 505 g/mol. The van der Waals surface area contributed by atoms with E-state index in [1.165, 1.54) is 36.9 Å². The number of hydrogen-bond donors (Lipinski definition) is 2. The lowest BCUT2D eigenvalue weighted by atomic mass is 10.2. The minimum Gasteiger partial charge on any atom is -0.451 e. The molecule has 1 aliphatic rings. The van der Waals surface area contributed by atoms with E-state index in [1.807, 2.05) is 0 Å². The van der Waals surface area contributed by atoms with E-state index in [1.54, 1.807) is 4.90 Å². The van der Waals surface area contributed by atoms with Crippen molar-refractivity contribution in [1.29, 1.82) is 0 Å². The van der Waals surface area contributed by atoms with Crippen LogP contribution < -0.4 is 10.2 Å². The van der Waals surface area contributed by atoms with Crippen LogP contribution in [0.15, 0.2) is 41.3 Å². The van der Waals surface area contributed by atoms with Crippen LogP contribution in [0, 0.1) is 11.6 Å². The highest BCUT2D eigenvalue weighted by Gasteiger charge is 2.40. The summed E-state index contributed by atoms with van der Waals surface area (Å²) in [4.78, 5) is 13.3. The molecule has 9 nitrogen and oxygen atoms in total. The molecule has 33 heavy (non-hydrogen) atoms. The molecular formula is C20H22ClF2N3O6S. The molecular weight excluding hydrogens is 484 g/mol. The molecule has 0 bridgehead atoms. The van der Waals surface area contributed by atoms with Crippen molar-refractivity contribution in [2.24, 2.45) is 0 Å². The number of halogens is 3. The molecule has 0 aliphatic carbocycles. The largest absolute Gasteiger partial charge is 0.451 e. The molecule has 180 valence electrons. The molecule has 1 aliphatic heterocycles. The number of piperazine rings is 1. The Hall–Kier alpha value is -2.35. The first-order valence-corrected chi connectivity index (χ1v) is 11.6. The molecule has 2 aromatic carbocycles. The molecule has 0 unspecified atom stereocenters. The van der Waals surface area contributed by atoms with E-state index in [0.717, 1.165) is 4.31 Å². The van der Waals surface area contributed by atoms with Gasteiger partial charge >= 0.3 is 0 Å². The summed E-state index contributed by atoms with van der Waals surface area (Å²) in [5.41, 5.74) is 1.45. The van der Waals surface area contributed by atoms with Gasteiger partial charge in [-0.3, -0.25) is 14.9 Å². The number of carbonyl (C=O) groups is 1. The van der Waals surface area contributed by atoms with Gasteiger partial charge in [-0.1, -0.05) is 11.6 Å². The highest BCUT2D eigenvalue weighted by atomic mass is 35.5. The summed E-state index contributed by atoms with van der Waals surface area (Å²) in [6, 6.07) is 5.64. The van der Waals surface area contributed by atoms with Gasteiger partial charge in [0, 0.05) is 38.3 Å². The maximum Gasteiger partial charge on any atom is 0.263 e. The van der Waals surface area contributed by atoms with Gasteiger partial charge < -0.3 is 9.47 Å². The van der Waals surface area contributed by atoms with Crippen molar-refractivity contribution in [2.75, 3.05) is 39.9 Å². The minimum atomic E-state index is -4.50. The van der Waals surface area contributed by atoms with Crippen LogP contribution in [0.1, 0.15) is 0 Å². The molecule has 13 heteroatoms. The van der Waals surface area contributed by atoms with E-state index >= 15 is 0 Å². The maximum absolute atomic E-state index is 14.7. The fourth-order valence-electron chi connectivity index (χ4n) is 3.36. The Balaban J connectivity index is 1.89. The first kappa shape index (κ1) is 25.3. The van der Waals surface area contributed by atoms with Crippen LogP contribution in [0.4, 0.5) is 8.78 Å². The quantitative estimate of drug-likeness (QED) is 0.418. The average molecular weight is 506 g/mol. The van der Waals surface area contributed by atoms with Crippen molar-refractivity contribution in [3.63, 3.8) is 0 Å². The van der Waals surface area contributed by atoms with Gasteiger partial charge in [0.1, 0.15) is 11.8 Å². The molecule has 3 rings (SSSR count). The number of methoxy groups -OCH3 is 1. The molecule has 1 amide bonds. The molecule has 1 atom stereocenters. The van der Waals surface area contributed by atoms with E-state index in [2.05, 4.69) is 0 Å². The number of rotatable bonds is 8. The fourth-order valence-corrected chi connectivity index (χ4v) is 5.08. The standard InChI is InChI=1S/C20H22ClF2N3O6S/c1-31-9-8-25-6-7-26(18(12-25)20(27)24-28)33(29,30)15-10-16(22)19(17(23)11-15)32-14-4-2-13(21)3-5-14/h2-5,10-11,18,28H,6-9,12H2,1H3,(H,24,27)/t18-/m1/s1. The third kappa shape index (κ3) is 5.78. The lowest BCUT2D eigenvalue weighted by Gasteiger charge is -2.39. The van der Waals surface area contributed by atoms with Crippen LogP contribution in [-0.2, 0) is 19.6 Å². The molecule has 0 radical (unpaired) electrons. The summed E-state index contributed by atoms with van der Waals surface area (Å²) < 4.78 is 66.7. The van der Waals surface area contributed by atoms with Gasteiger partial charge in [-0.05, 0) is 36.4 Å². The Kier molecular flexibility index (Phi) is 8.21. The van der Waals surface area contributed by atoms with Crippen LogP contribution in [0.3, 0.4) is 0 Å². The number of ether oxygens (including phenoxy) is 2. The van der Waals surface area contributed by atoms with Crippen LogP contribution in [-0.4, -0.2) is 74.7 Å². The van der Waals surface area contributed by atoms with Crippen LogP contribution in [0.5, 0.6) is 11.5 Å². The number of hydrogen-bond acceptors (Lipinski definition) is 7. The molecule has 2 N–H and O–H groups in total. The first-order chi connectivity index (χ1) is 15.7. The second-order valence-corrected chi connectivity index (χ2v) is 9.50. The number of hydroxylamine groups is 1. The highest BCUT2D eigenvalue weighted by molar-refractivity contribution is 7.89. The van der Waals surface area contributed by atoms with E-state index < -0.39 is 44.3 Å². The zero-order valence-corrected chi connectivity index (χ0v) is 19.1. The summed E-state index contributed by atoms with van der Waals surface area (Å²) in [7, 11) is -3.00. The summed E-state index contributed by atoms with van der Waals surface area (Å²) in [6.07, 6.45) is 0. The van der Waals surface area contributed by atoms with Crippen molar-refractivity contribution in [3.8, 4) is 11.5 Å². The molecule has 1 fully saturated rings. The second kappa shape index (κ2) is 10.7. The van der Waals surface area contributed by atoms with Gasteiger partial charge in [-0.15, -0.1) is 0 Å². The van der Waals surface area contributed by atoms with Gasteiger partial charge in [-0.25, -0.2) is 22.7 Å². The topological polar surface area (TPSA) is 108 Å². The molecule has 1 saturated heterocycles. The Morgan fingerprint density at radius 2 is 1.85 bits per heavy atom. The van der Waals surface area contributed by atoms with Gasteiger partial charge in [0.2, 0.25) is 10.0 Å². The van der Waals surface area contributed by atoms with Crippen molar-refractivity contribution < 1.29 is 36.7 Å². The van der Waals surface area contributed by atoms with Gasteiger partial charge in [-0.2, -0.15) is 4.31 Å². The molecule has 1 heterocycles. The smallest absolute Gasteiger partial charge is 0.263 e. The maximum atomic E-state index is 14.7.